The lowest BCUT2D eigenvalue weighted by atomic mass is 10.1. The number of nitrogens with one attached hydrogen (secondary N) is 2. The molecule has 1 saturated heterocycles. The van der Waals surface area contributed by atoms with E-state index in [-0.39, 0.29) is 36.4 Å². The highest BCUT2D eigenvalue weighted by atomic mass is 127. The number of likely N-dealkylation sites (N-methyl/N-ethyl adjacent to an activating group) is 1. The molecule has 162 valence electrons. The number of nitrogens with zero attached hydrogens (tertiary/aromatic N) is 4. The molecule has 0 radical (unpaired) electrons. The van der Waals surface area contributed by atoms with Gasteiger partial charge >= 0.3 is 0 Å². The van der Waals surface area contributed by atoms with Crippen molar-refractivity contribution >= 4 is 41.7 Å². The van der Waals surface area contributed by atoms with Crippen LogP contribution >= 0.6 is 24.0 Å². The quantitative estimate of drug-likeness (QED) is 0.359. The Hall–Kier alpha value is -1.58. The Labute approximate surface area is 191 Å². The molecule has 2 heterocycles. The number of guanidine groups is 1. The van der Waals surface area contributed by atoms with Crippen LogP contribution in [-0.2, 0) is 4.79 Å². The highest BCUT2D eigenvalue weighted by Crippen LogP contribution is 2.19. The summed E-state index contributed by atoms with van der Waals surface area (Å²) in [7, 11) is 3.54. The van der Waals surface area contributed by atoms with E-state index in [9.17, 15) is 4.79 Å². The van der Waals surface area contributed by atoms with Gasteiger partial charge in [0, 0.05) is 45.5 Å². The first kappa shape index (κ1) is 23.7. The van der Waals surface area contributed by atoms with Crippen molar-refractivity contribution in [1.82, 2.24) is 20.5 Å². The highest BCUT2D eigenvalue weighted by molar-refractivity contribution is 14.0. The average Bonchev–Trinajstić information content (AvgIpc) is 3.20. The van der Waals surface area contributed by atoms with Crippen molar-refractivity contribution in [2.24, 2.45) is 4.99 Å². The number of carbonyl (C=O) groups excluding carboxylic acids is 1. The molecule has 1 amide bonds. The van der Waals surface area contributed by atoms with E-state index >= 15 is 0 Å². The lowest BCUT2D eigenvalue weighted by Gasteiger charge is -2.34. The Morgan fingerprint density at radius 1 is 1.14 bits per heavy atom. The van der Waals surface area contributed by atoms with Crippen LogP contribution in [-0.4, -0.2) is 67.6 Å². The maximum atomic E-state index is 12.0. The Kier molecular flexibility index (Phi) is 9.45. The fourth-order valence-electron chi connectivity index (χ4n) is 3.78. The number of aromatic nitrogens is 1. The number of aryl methyl sites for hydroxylation is 1. The molecule has 29 heavy (non-hydrogen) atoms. The molecule has 3 rings (SSSR count). The summed E-state index contributed by atoms with van der Waals surface area (Å²) in [6.07, 6.45) is 8.88. The van der Waals surface area contributed by atoms with Gasteiger partial charge in [-0.05, 0) is 44.2 Å². The van der Waals surface area contributed by atoms with Crippen LogP contribution in [0.5, 0.6) is 0 Å². The molecule has 0 aromatic carbocycles. The third-order valence-corrected chi connectivity index (χ3v) is 5.62. The maximum absolute atomic E-state index is 12.0. The van der Waals surface area contributed by atoms with Crippen LogP contribution in [0.2, 0.25) is 0 Å². The summed E-state index contributed by atoms with van der Waals surface area (Å²) in [6.45, 7) is 4.19. The zero-order valence-electron chi connectivity index (χ0n) is 17.9. The zero-order chi connectivity index (χ0) is 19.9. The van der Waals surface area contributed by atoms with E-state index in [1.165, 1.54) is 31.2 Å². The molecule has 2 fully saturated rings. The van der Waals surface area contributed by atoms with Crippen LogP contribution < -0.4 is 15.5 Å². The number of aliphatic imine (C=N–C) groups is 1. The molecule has 0 unspecified atom stereocenters. The number of hydrogen-bond acceptors (Lipinski definition) is 4. The second-order valence-corrected chi connectivity index (χ2v) is 8.18. The van der Waals surface area contributed by atoms with E-state index in [1.54, 1.807) is 19.0 Å². The van der Waals surface area contributed by atoms with E-state index in [4.69, 9.17) is 0 Å². The van der Waals surface area contributed by atoms with E-state index in [2.05, 4.69) is 44.6 Å². The number of hydrogen-bond donors (Lipinski definition) is 2. The van der Waals surface area contributed by atoms with Crippen LogP contribution in [0.1, 0.15) is 44.1 Å². The average molecular weight is 514 g/mol. The predicted octanol–water partition coefficient (Wildman–Crippen LogP) is 2.54. The van der Waals surface area contributed by atoms with Crippen molar-refractivity contribution in [3.8, 4) is 0 Å². The Morgan fingerprint density at radius 2 is 1.76 bits per heavy atom. The molecule has 8 heteroatoms. The largest absolute Gasteiger partial charge is 0.356 e. The van der Waals surface area contributed by atoms with Crippen LogP contribution in [0.3, 0.4) is 0 Å². The molecule has 0 bridgehead atoms. The van der Waals surface area contributed by atoms with Crippen LogP contribution in [0, 0.1) is 6.92 Å². The standard InChI is InChI=1S/C21H34N6O.HI/c1-16-8-9-19(22-14-16)27-12-10-18(11-13-27)25-21(23-15-20(28)26(2)3)24-17-6-4-5-7-17;/h8-9,14,17-18H,4-7,10-13,15H2,1-3H3,(H2,23,24,25);1H. The molecule has 0 atom stereocenters. The molecule has 0 spiro atoms. The van der Waals surface area contributed by atoms with Crippen molar-refractivity contribution in [2.45, 2.75) is 57.5 Å². The summed E-state index contributed by atoms with van der Waals surface area (Å²) in [5.74, 6) is 1.86. The highest BCUT2D eigenvalue weighted by Gasteiger charge is 2.23. The number of anilines is 1. The van der Waals surface area contributed by atoms with Gasteiger partial charge in [0.2, 0.25) is 5.91 Å². The summed E-state index contributed by atoms with van der Waals surface area (Å²) in [6, 6.07) is 5.05. The summed E-state index contributed by atoms with van der Waals surface area (Å²) < 4.78 is 0. The third-order valence-electron chi connectivity index (χ3n) is 5.62. The number of amides is 1. The van der Waals surface area contributed by atoms with E-state index in [0.717, 1.165) is 37.7 Å². The summed E-state index contributed by atoms with van der Waals surface area (Å²) >= 11 is 0. The zero-order valence-corrected chi connectivity index (χ0v) is 20.2. The van der Waals surface area contributed by atoms with E-state index in [1.807, 2.05) is 6.20 Å². The predicted molar refractivity (Wildman–Crippen MR) is 129 cm³/mol. The lowest BCUT2D eigenvalue weighted by molar-refractivity contribution is -0.127. The van der Waals surface area contributed by atoms with Gasteiger partial charge in [-0.1, -0.05) is 18.9 Å². The number of carbonyl (C=O) groups is 1. The van der Waals surface area contributed by atoms with Crippen LogP contribution in [0.15, 0.2) is 23.3 Å². The minimum absolute atomic E-state index is 0. The maximum Gasteiger partial charge on any atom is 0.243 e. The normalized spacial score (nSPS) is 18.3. The molecule has 1 aromatic heterocycles. The number of halogens is 1. The molecular weight excluding hydrogens is 479 g/mol. The molecular formula is C21H35IN6O. The SMILES string of the molecule is Cc1ccc(N2CCC(NC(=NCC(=O)N(C)C)NC3CCCC3)CC2)nc1.I. The Balaban J connectivity index is 0.00000300. The third kappa shape index (κ3) is 7.31. The molecule has 1 aromatic rings. The summed E-state index contributed by atoms with van der Waals surface area (Å²) in [4.78, 5) is 25.0. The Bertz CT molecular complexity index is 664. The van der Waals surface area contributed by atoms with Crippen molar-refractivity contribution in [1.29, 1.82) is 0 Å². The monoisotopic (exact) mass is 514 g/mol. The van der Waals surface area contributed by atoms with Crippen molar-refractivity contribution in [2.75, 3.05) is 38.6 Å². The molecule has 1 aliphatic carbocycles. The smallest absolute Gasteiger partial charge is 0.243 e. The van der Waals surface area contributed by atoms with Crippen molar-refractivity contribution in [3.63, 3.8) is 0 Å². The second-order valence-electron chi connectivity index (χ2n) is 8.18. The summed E-state index contributed by atoms with van der Waals surface area (Å²) in [5.41, 5.74) is 1.19. The molecule has 2 aliphatic rings. The van der Waals surface area contributed by atoms with E-state index in [0.29, 0.717) is 12.1 Å². The fourth-order valence-corrected chi connectivity index (χ4v) is 3.78. The van der Waals surface area contributed by atoms with Gasteiger partial charge in [0.15, 0.2) is 5.96 Å². The van der Waals surface area contributed by atoms with Crippen molar-refractivity contribution in [3.05, 3.63) is 23.9 Å². The van der Waals surface area contributed by atoms with Crippen molar-refractivity contribution < 1.29 is 4.79 Å². The van der Waals surface area contributed by atoms with Gasteiger partial charge in [-0.2, -0.15) is 0 Å². The van der Waals surface area contributed by atoms with Crippen LogP contribution in [0.25, 0.3) is 0 Å². The minimum atomic E-state index is 0. The van der Waals surface area contributed by atoms with Gasteiger partial charge < -0.3 is 20.4 Å². The first-order valence-electron chi connectivity index (χ1n) is 10.5. The van der Waals surface area contributed by atoms with Gasteiger partial charge in [0.05, 0.1) is 0 Å². The first-order valence-corrected chi connectivity index (χ1v) is 10.5. The fraction of sp³-hybridized carbons (Fsp3) is 0.667. The summed E-state index contributed by atoms with van der Waals surface area (Å²) in [5, 5.41) is 7.13. The van der Waals surface area contributed by atoms with Crippen LogP contribution in [0.4, 0.5) is 5.82 Å². The van der Waals surface area contributed by atoms with Gasteiger partial charge in [0.25, 0.3) is 0 Å². The molecule has 1 aliphatic heterocycles. The van der Waals surface area contributed by atoms with E-state index < -0.39 is 0 Å². The minimum Gasteiger partial charge on any atom is -0.356 e. The number of piperidine rings is 1. The van der Waals surface area contributed by atoms with Gasteiger partial charge in [-0.25, -0.2) is 9.98 Å². The van der Waals surface area contributed by atoms with Gasteiger partial charge in [-0.3, -0.25) is 4.79 Å². The number of rotatable bonds is 5. The molecule has 7 nitrogen and oxygen atoms in total. The number of pyridine rings is 1. The second kappa shape index (κ2) is 11.6. The first-order chi connectivity index (χ1) is 13.5. The molecule has 1 saturated carbocycles. The van der Waals surface area contributed by atoms with Gasteiger partial charge in [0.1, 0.15) is 12.4 Å². The topological polar surface area (TPSA) is 72.9 Å². The van der Waals surface area contributed by atoms with Gasteiger partial charge in [-0.15, -0.1) is 24.0 Å². The Morgan fingerprint density at radius 3 is 2.31 bits per heavy atom. The lowest BCUT2D eigenvalue weighted by Crippen LogP contribution is -2.51. The molecule has 2 N–H and O–H groups in total.